The molecule has 2 saturated heterocycles. The summed E-state index contributed by atoms with van der Waals surface area (Å²) in [6.07, 6.45) is -6.54. The number of halogens is 1. The van der Waals surface area contributed by atoms with Gasteiger partial charge in [0, 0.05) is 11.3 Å². The standard InChI is InChI=1S/C36H37FN2O8/c37-24-13-10-21(11-14-24)28(41)17-16-27-31(39(36(46)38-27)25-4-2-1-3-5-25)26-15-12-23(18-29(26)42)20-6-8-22(9-7-20)35-34(45)33(44)32(43)30(19-40)47-35/h1-15,18,27-28,30-35,40-45H,16-17,19H2,(H,38,46)/t27-,28?,30+,31+,32+,33-,34+,35-/m0/s1. The zero-order valence-corrected chi connectivity index (χ0v) is 25.3. The number of rotatable bonds is 9. The summed E-state index contributed by atoms with van der Waals surface area (Å²) < 4.78 is 19.1. The molecule has 4 aromatic carbocycles. The summed E-state index contributed by atoms with van der Waals surface area (Å²) in [6.45, 7) is -0.523. The van der Waals surface area contributed by atoms with Crippen molar-refractivity contribution in [1.82, 2.24) is 5.32 Å². The number of aliphatic hydroxyl groups is 5. The molecule has 2 amide bonds. The number of phenolic OH excluding ortho intramolecular Hbond substituents is 1. The van der Waals surface area contributed by atoms with Crippen LogP contribution < -0.4 is 10.2 Å². The second-order valence-electron chi connectivity index (χ2n) is 12.0. The van der Waals surface area contributed by atoms with Gasteiger partial charge >= 0.3 is 6.03 Å². The molecule has 0 spiro atoms. The summed E-state index contributed by atoms with van der Waals surface area (Å²) in [6, 6.07) is 25.5. The molecule has 0 aromatic heterocycles. The Hall–Kier alpha value is -4.36. The SMILES string of the molecule is O=C1N[C@@H](CCC(O)c2ccc(F)cc2)[C@@H](c2ccc(-c3ccc([C@@H]4O[C@H](CO)[C@@H](O)[C@H](O)[C@H]4O)cc3)cc2O)N1c1ccccc1. The molecule has 0 aliphatic carbocycles. The number of aliphatic hydroxyl groups excluding tert-OH is 5. The number of nitrogens with one attached hydrogen (secondary N) is 1. The summed E-state index contributed by atoms with van der Waals surface area (Å²) in [5, 5.41) is 65.5. The predicted octanol–water partition coefficient (Wildman–Crippen LogP) is 3.87. The van der Waals surface area contributed by atoms with Gasteiger partial charge in [-0.15, -0.1) is 0 Å². The molecule has 2 aliphatic heterocycles. The third-order valence-corrected chi connectivity index (χ3v) is 9.04. The highest BCUT2D eigenvalue weighted by Gasteiger charge is 2.44. The van der Waals surface area contributed by atoms with E-state index in [0.29, 0.717) is 34.4 Å². The van der Waals surface area contributed by atoms with Gasteiger partial charge in [0.1, 0.15) is 42.1 Å². The Morgan fingerprint density at radius 1 is 0.851 bits per heavy atom. The second kappa shape index (κ2) is 13.8. The first-order valence-corrected chi connectivity index (χ1v) is 15.5. The number of carbonyl (C=O) groups excluding carboxylic acids is 1. The number of nitrogens with zero attached hydrogens (tertiary/aromatic N) is 1. The van der Waals surface area contributed by atoms with Gasteiger partial charge in [0.25, 0.3) is 0 Å². The predicted molar refractivity (Wildman–Crippen MR) is 171 cm³/mol. The Morgan fingerprint density at radius 3 is 2.19 bits per heavy atom. The van der Waals surface area contributed by atoms with Gasteiger partial charge in [0.2, 0.25) is 0 Å². The number of para-hydroxylation sites is 1. The molecule has 7 N–H and O–H groups in total. The topological polar surface area (TPSA) is 163 Å². The third kappa shape index (κ3) is 6.59. The first-order valence-electron chi connectivity index (χ1n) is 15.5. The van der Waals surface area contributed by atoms with Crippen molar-refractivity contribution in [2.45, 2.75) is 61.5 Å². The number of benzene rings is 4. The van der Waals surface area contributed by atoms with Gasteiger partial charge in [-0.3, -0.25) is 4.90 Å². The highest BCUT2D eigenvalue weighted by atomic mass is 19.1. The summed E-state index contributed by atoms with van der Waals surface area (Å²) in [4.78, 5) is 14.9. The van der Waals surface area contributed by atoms with E-state index in [9.17, 15) is 39.8 Å². The highest BCUT2D eigenvalue weighted by Crippen LogP contribution is 2.42. The van der Waals surface area contributed by atoms with Crippen LogP contribution >= 0.6 is 0 Å². The maximum atomic E-state index is 13.4. The van der Waals surface area contributed by atoms with Crippen molar-refractivity contribution in [3.8, 4) is 16.9 Å². The van der Waals surface area contributed by atoms with E-state index in [-0.39, 0.29) is 18.2 Å². The molecule has 1 unspecified atom stereocenters. The minimum atomic E-state index is -1.49. The molecule has 0 saturated carbocycles. The van der Waals surface area contributed by atoms with Crippen molar-refractivity contribution in [3.63, 3.8) is 0 Å². The number of phenols is 1. The smallest absolute Gasteiger partial charge is 0.322 e. The quantitative estimate of drug-likeness (QED) is 0.145. The Kier molecular flexibility index (Phi) is 9.55. The van der Waals surface area contributed by atoms with Gasteiger partial charge in [-0.2, -0.15) is 0 Å². The molecule has 246 valence electrons. The van der Waals surface area contributed by atoms with E-state index in [0.717, 1.165) is 5.56 Å². The van der Waals surface area contributed by atoms with Crippen molar-refractivity contribution in [1.29, 1.82) is 0 Å². The number of carbonyl (C=O) groups is 1. The lowest BCUT2D eigenvalue weighted by molar-refractivity contribution is -0.231. The summed E-state index contributed by atoms with van der Waals surface area (Å²) in [7, 11) is 0. The molecule has 0 bridgehead atoms. The molecular formula is C36H37FN2O8. The number of amides is 2. The lowest BCUT2D eigenvalue weighted by Gasteiger charge is -2.40. The molecule has 4 aromatic rings. The number of aromatic hydroxyl groups is 1. The normalized spacial score (nSPS) is 26.6. The largest absolute Gasteiger partial charge is 0.508 e. The Bertz CT molecular complexity index is 1670. The molecule has 8 atom stereocenters. The molecule has 2 aliphatic rings. The number of ether oxygens (including phenoxy) is 1. The summed E-state index contributed by atoms with van der Waals surface area (Å²) >= 11 is 0. The number of anilines is 1. The van der Waals surface area contributed by atoms with Crippen molar-refractivity contribution in [3.05, 3.63) is 120 Å². The van der Waals surface area contributed by atoms with Crippen LogP contribution in [0.15, 0.2) is 97.1 Å². The first-order chi connectivity index (χ1) is 22.7. The van der Waals surface area contributed by atoms with Gasteiger partial charge in [-0.25, -0.2) is 9.18 Å². The van der Waals surface area contributed by atoms with Crippen LogP contribution in [-0.4, -0.2) is 73.7 Å². The van der Waals surface area contributed by atoms with Crippen LogP contribution in [0.5, 0.6) is 5.75 Å². The van der Waals surface area contributed by atoms with Crippen molar-refractivity contribution < 1.29 is 44.6 Å². The van der Waals surface area contributed by atoms with Crippen LogP contribution in [0.3, 0.4) is 0 Å². The van der Waals surface area contributed by atoms with Gasteiger partial charge in [0.15, 0.2) is 0 Å². The van der Waals surface area contributed by atoms with Gasteiger partial charge < -0.3 is 40.7 Å². The molecule has 10 nitrogen and oxygen atoms in total. The van der Waals surface area contributed by atoms with Gasteiger partial charge in [0.05, 0.1) is 24.8 Å². The van der Waals surface area contributed by atoms with Crippen LogP contribution in [-0.2, 0) is 4.74 Å². The average molecular weight is 645 g/mol. The molecule has 11 heteroatoms. The Labute approximate surface area is 270 Å². The van der Waals surface area contributed by atoms with Gasteiger partial charge in [-0.05, 0) is 65.4 Å². The van der Waals surface area contributed by atoms with Crippen LogP contribution in [0.1, 0.15) is 47.8 Å². The summed E-state index contributed by atoms with van der Waals surface area (Å²) in [5.74, 6) is -0.432. The maximum absolute atomic E-state index is 13.4. The van der Waals surface area contributed by atoms with Crippen molar-refractivity contribution in [2.75, 3.05) is 11.5 Å². The van der Waals surface area contributed by atoms with Crippen LogP contribution in [0.2, 0.25) is 0 Å². The second-order valence-corrected chi connectivity index (χ2v) is 12.0. The molecule has 0 radical (unpaired) electrons. The van der Waals surface area contributed by atoms with Gasteiger partial charge in [-0.1, -0.05) is 66.7 Å². The zero-order valence-electron chi connectivity index (χ0n) is 25.3. The Balaban J connectivity index is 1.25. The van der Waals surface area contributed by atoms with Crippen LogP contribution in [0.4, 0.5) is 14.9 Å². The maximum Gasteiger partial charge on any atom is 0.322 e. The number of hydrogen-bond donors (Lipinski definition) is 7. The molecule has 6 rings (SSSR count). The zero-order chi connectivity index (χ0) is 33.2. The molecular weight excluding hydrogens is 607 g/mol. The fourth-order valence-corrected chi connectivity index (χ4v) is 6.47. The van der Waals surface area contributed by atoms with E-state index in [1.54, 1.807) is 41.3 Å². The third-order valence-electron chi connectivity index (χ3n) is 9.04. The Morgan fingerprint density at radius 2 is 1.53 bits per heavy atom. The molecule has 2 fully saturated rings. The minimum Gasteiger partial charge on any atom is -0.508 e. The first kappa shape index (κ1) is 32.6. The lowest BCUT2D eigenvalue weighted by Crippen LogP contribution is -2.55. The lowest BCUT2D eigenvalue weighted by atomic mass is 9.90. The molecule has 47 heavy (non-hydrogen) atoms. The van der Waals surface area contributed by atoms with Crippen LogP contribution in [0, 0.1) is 5.82 Å². The van der Waals surface area contributed by atoms with Crippen LogP contribution in [0.25, 0.3) is 11.1 Å². The van der Waals surface area contributed by atoms with E-state index in [2.05, 4.69) is 5.32 Å². The van der Waals surface area contributed by atoms with E-state index >= 15 is 0 Å². The minimum absolute atomic E-state index is 0.0352. The van der Waals surface area contributed by atoms with Crippen molar-refractivity contribution >= 4 is 11.7 Å². The number of hydrogen-bond acceptors (Lipinski definition) is 8. The van der Waals surface area contributed by atoms with E-state index in [1.807, 2.05) is 36.4 Å². The van der Waals surface area contributed by atoms with E-state index in [4.69, 9.17) is 4.74 Å². The van der Waals surface area contributed by atoms with Crippen molar-refractivity contribution in [2.24, 2.45) is 0 Å². The van der Waals surface area contributed by atoms with E-state index < -0.39 is 61.1 Å². The van der Waals surface area contributed by atoms with E-state index in [1.165, 1.54) is 24.3 Å². The number of urea groups is 1. The monoisotopic (exact) mass is 644 g/mol. The average Bonchev–Trinajstić information content (AvgIpc) is 3.42. The molecule has 2 heterocycles. The highest BCUT2D eigenvalue weighted by molar-refractivity contribution is 5.96. The fourth-order valence-electron chi connectivity index (χ4n) is 6.47. The summed E-state index contributed by atoms with van der Waals surface area (Å²) in [5.41, 5.74) is 3.67. The fraction of sp³-hybridized carbons (Fsp3) is 0.306.